The van der Waals surface area contributed by atoms with Crippen molar-refractivity contribution in [3.8, 4) is 0 Å². The van der Waals surface area contributed by atoms with E-state index in [1.165, 1.54) is 11.1 Å². The average Bonchev–Trinajstić information content (AvgIpc) is 2.83. The van der Waals surface area contributed by atoms with Crippen molar-refractivity contribution in [1.29, 1.82) is 0 Å². The van der Waals surface area contributed by atoms with E-state index in [0.717, 1.165) is 31.4 Å². The number of carbonyl (C=O) groups excluding carboxylic acids is 1. The number of nitrogens with zero attached hydrogens (tertiary/aromatic N) is 2. The number of rotatable bonds is 2. The van der Waals surface area contributed by atoms with Crippen LogP contribution in [0.4, 0.5) is 0 Å². The van der Waals surface area contributed by atoms with Gasteiger partial charge < -0.3 is 5.32 Å². The van der Waals surface area contributed by atoms with Crippen LogP contribution in [0.3, 0.4) is 0 Å². The first-order valence-corrected chi connectivity index (χ1v) is 8.49. The fourth-order valence-electron chi connectivity index (χ4n) is 2.66. The zero-order chi connectivity index (χ0) is 15.9. The number of amides is 1. The predicted molar refractivity (Wildman–Crippen MR) is 87.8 cm³/mol. The normalized spacial score (nSPS) is 14.9. The standard InChI is InChI=1S/C16H21N3O2S/c1-16(2,3)9-18-13(20)10-8-17-15-19(14(10)21)11-6-4-5-7-12(11)22-15/h8H,4-7,9H2,1-3H3,(H,18,20). The molecule has 1 aliphatic rings. The van der Waals surface area contributed by atoms with Crippen LogP contribution in [0.25, 0.3) is 4.96 Å². The molecule has 6 heteroatoms. The second kappa shape index (κ2) is 5.50. The summed E-state index contributed by atoms with van der Waals surface area (Å²) in [6, 6.07) is 0. The van der Waals surface area contributed by atoms with Gasteiger partial charge in [0.05, 0.1) is 0 Å². The van der Waals surface area contributed by atoms with Gasteiger partial charge in [-0.15, -0.1) is 11.3 Å². The Bertz CT molecular complexity index is 783. The van der Waals surface area contributed by atoms with Crippen molar-refractivity contribution >= 4 is 22.2 Å². The number of carbonyl (C=O) groups is 1. The van der Waals surface area contributed by atoms with E-state index in [-0.39, 0.29) is 22.4 Å². The highest BCUT2D eigenvalue weighted by Gasteiger charge is 2.22. The fourth-order valence-corrected chi connectivity index (χ4v) is 3.83. The molecule has 0 radical (unpaired) electrons. The van der Waals surface area contributed by atoms with E-state index in [4.69, 9.17) is 0 Å². The van der Waals surface area contributed by atoms with E-state index < -0.39 is 0 Å². The van der Waals surface area contributed by atoms with Crippen LogP contribution >= 0.6 is 11.3 Å². The average molecular weight is 319 g/mol. The molecular weight excluding hydrogens is 298 g/mol. The smallest absolute Gasteiger partial charge is 0.271 e. The molecular formula is C16H21N3O2S. The summed E-state index contributed by atoms with van der Waals surface area (Å²) in [5, 5.41) is 2.83. The molecule has 2 aromatic rings. The molecule has 1 aliphatic carbocycles. The van der Waals surface area contributed by atoms with Crippen molar-refractivity contribution in [3.63, 3.8) is 0 Å². The minimum Gasteiger partial charge on any atom is -0.351 e. The van der Waals surface area contributed by atoms with Gasteiger partial charge in [0.1, 0.15) is 5.56 Å². The lowest BCUT2D eigenvalue weighted by atomic mass is 9.97. The van der Waals surface area contributed by atoms with Crippen LogP contribution < -0.4 is 10.9 Å². The Morgan fingerprint density at radius 1 is 1.36 bits per heavy atom. The van der Waals surface area contributed by atoms with Crippen LogP contribution in [0.5, 0.6) is 0 Å². The fraction of sp³-hybridized carbons (Fsp3) is 0.562. The first-order valence-electron chi connectivity index (χ1n) is 7.67. The van der Waals surface area contributed by atoms with E-state index in [9.17, 15) is 9.59 Å². The summed E-state index contributed by atoms with van der Waals surface area (Å²) in [4.78, 5) is 31.3. The highest BCUT2D eigenvalue weighted by molar-refractivity contribution is 7.17. The number of fused-ring (bicyclic) bond motifs is 3. The maximum Gasteiger partial charge on any atom is 0.271 e. The lowest BCUT2D eigenvalue weighted by Gasteiger charge is -2.18. The Hall–Kier alpha value is -1.69. The van der Waals surface area contributed by atoms with Gasteiger partial charge in [-0.25, -0.2) is 4.98 Å². The van der Waals surface area contributed by atoms with Crippen LogP contribution in [0.2, 0.25) is 0 Å². The topological polar surface area (TPSA) is 63.5 Å². The van der Waals surface area contributed by atoms with Gasteiger partial charge in [0, 0.05) is 23.3 Å². The summed E-state index contributed by atoms with van der Waals surface area (Å²) >= 11 is 1.57. The van der Waals surface area contributed by atoms with Crippen molar-refractivity contribution in [1.82, 2.24) is 14.7 Å². The monoisotopic (exact) mass is 319 g/mol. The summed E-state index contributed by atoms with van der Waals surface area (Å²) in [5.74, 6) is -0.336. The van der Waals surface area contributed by atoms with Gasteiger partial charge in [0.25, 0.3) is 11.5 Å². The number of thiazole rings is 1. The highest BCUT2D eigenvalue weighted by Crippen LogP contribution is 2.28. The van der Waals surface area contributed by atoms with Crippen LogP contribution in [-0.2, 0) is 12.8 Å². The molecule has 2 heterocycles. The lowest BCUT2D eigenvalue weighted by Crippen LogP contribution is -2.36. The van der Waals surface area contributed by atoms with Gasteiger partial charge in [-0.05, 0) is 31.1 Å². The second-order valence-corrected chi connectivity index (χ2v) is 8.08. The Kier molecular flexibility index (Phi) is 3.80. The molecule has 0 atom stereocenters. The third-order valence-electron chi connectivity index (χ3n) is 3.83. The summed E-state index contributed by atoms with van der Waals surface area (Å²) < 4.78 is 1.64. The summed E-state index contributed by atoms with van der Waals surface area (Å²) in [7, 11) is 0. The zero-order valence-electron chi connectivity index (χ0n) is 13.2. The Labute approximate surface area is 133 Å². The van der Waals surface area contributed by atoms with E-state index >= 15 is 0 Å². The number of hydrogen-bond donors (Lipinski definition) is 1. The van der Waals surface area contributed by atoms with Crippen molar-refractivity contribution in [2.45, 2.75) is 46.5 Å². The van der Waals surface area contributed by atoms with Crippen LogP contribution in [0.15, 0.2) is 11.0 Å². The van der Waals surface area contributed by atoms with Crippen molar-refractivity contribution in [3.05, 3.63) is 32.7 Å². The summed E-state index contributed by atoms with van der Waals surface area (Å²) in [6.07, 6.45) is 5.56. The van der Waals surface area contributed by atoms with Crippen molar-refractivity contribution in [2.24, 2.45) is 5.41 Å². The predicted octanol–water partition coefficient (Wildman–Crippen LogP) is 2.41. The molecule has 0 saturated heterocycles. The van der Waals surface area contributed by atoms with Crippen LogP contribution in [-0.4, -0.2) is 21.8 Å². The molecule has 1 amide bonds. The molecule has 118 valence electrons. The molecule has 3 rings (SSSR count). The van der Waals surface area contributed by atoms with Crippen LogP contribution in [0, 0.1) is 5.41 Å². The molecule has 0 aliphatic heterocycles. The third-order valence-corrected chi connectivity index (χ3v) is 4.98. The first-order chi connectivity index (χ1) is 10.4. The number of nitrogens with one attached hydrogen (secondary N) is 1. The number of hydrogen-bond acceptors (Lipinski definition) is 4. The van der Waals surface area contributed by atoms with Crippen LogP contribution in [0.1, 0.15) is 54.5 Å². The molecule has 0 fully saturated rings. The van der Waals surface area contributed by atoms with Gasteiger partial charge >= 0.3 is 0 Å². The maximum absolute atomic E-state index is 12.7. The molecule has 0 aromatic carbocycles. The number of aryl methyl sites for hydroxylation is 2. The number of aromatic nitrogens is 2. The lowest BCUT2D eigenvalue weighted by molar-refractivity contribution is 0.0937. The molecule has 1 N–H and O–H groups in total. The quantitative estimate of drug-likeness (QED) is 0.924. The highest BCUT2D eigenvalue weighted by atomic mass is 32.1. The molecule has 0 unspecified atom stereocenters. The molecule has 22 heavy (non-hydrogen) atoms. The Morgan fingerprint density at radius 2 is 2.09 bits per heavy atom. The SMILES string of the molecule is CC(C)(C)CNC(=O)c1cnc2sc3c(n2c1=O)CCCC3. The molecule has 5 nitrogen and oxygen atoms in total. The Morgan fingerprint density at radius 3 is 2.82 bits per heavy atom. The molecule has 2 aromatic heterocycles. The second-order valence-electron chi connectivity index (χ2n) is 7.02. The zero-order valence-corrected chi connectivity index (χ0v) is 14.0. The first kappa shape index (κ1) is 15.2. The van der Waals surface area contributed by atoms with Gasteiger partial charge in [-0.2, -0.15) is 0 Å². The van der Waals surface area contributed by atoms with Crippen molar-refractivity contribution < 1.29 is 4.79 Å². The molecule has 0 bridgehead atoms. The maximum atomic E-state index is 12.7. The van der Waals surface area contributed by atoms with Gasteiger partial charge in [-0.3, -0.25) is 14.0 Å². The van der Waals surface area contributed by atoms with Gasteiger partial charge in [0.2, 0.25) is 0 Å². The largest absolute Gasteiger partial charge is 0.351 e. The van der Waals surface area contributed by atoms with Crippen molar-refractivity contribution in [2.75, 3.05) is 6.54 Å². The third kappa shape index (κ3) is 2.79. The minimum absolute atomic E-state index is 0.0229. The van der Waals surface area contributed by atoms with Gasteiger partial charge in [-0.1, -0.05) is 20.8 Å². The van der Waals surface area contributed by atoms with E-state index in [2.05, 4.69) is 10.3 Å². The molecule has 0 spiro atoms. The minimum atomic E-state index is -0.336. The summed E-state index contributed by atoms with van der Waals surface area (Å²) in [5.41, 5.74) is 0.920. The summed E-state index contributed by atoms with van der Waals surface area (Å²) in [6.45, 7) is 6.64. The van der Waals surface area contributed by atoms with E-state index in [1.54, 1.807) is 15.7 Å². The van der Waals surface area contributed by atoms with Gasteiger partial charge in [0.15, 0.2) is 4.96 Å². The molecule has 0 saturated carbocycles. The van der Waals surface area contributed by atoms with E-state index in [0.29, 0.717) is 11.5 Å². The van der Waals surface area contributed by atoms with E-state index in [1.807, 2.05) is 20.8 Å². The Balaban J connectivity index is 1.99.